The van der Waals surface area contributed by atoms with E-state index in [1.807, 2.05) is 140 Å². The van der Waals surface area contributed by atoms with Crippen molar-refractivity contribution in [1.29, 1.82) is 0 Å². The Labute approximate surface area is 399 Å². The Morgan fingerprint density at radius 3 is 1.41 bits per heavy atom. The van der Waals surface area contributed by atoms with Gasteiger partial charge in [0.1, 0.15) is 0 Å². The molecule has 8 rings (SSSR count). The summed E-state index contributed by atoms with van der Waals surface area (Å²) in [6.07, 6.45) is 2.76. The van der Waals surface area contributed by atoms with Crippen molar-refractivity contribution in [2.24, 2.45) is 10.3 Å². The van der Waals surface area contributed by atoms with Crippen LogP contribution in [0.1, 0.15) is 72.1 Å². The summed E-state index contributed by atoms with van der Waals surface area (Å²) in [4.78, 5) is 59.2. The lowest BCUT2D eigenvalue weighted by Gasteiger charge is -2.26. The molecule has 0 bridgehead atoms. The van der Waals surface area contributed by atoms with Crippen molar-refractivity contribution in [3.8, 4) is 0 Å². The first-order chi connectivity index (χ1) is 32.2. The van der Waals surface area contributed by atoms with Crippen molar-refractivity contribution in [1.82, 2.24) is 9.97 Å². The van der Waals surface area contributed by atoms with Gasteiger partial charge in [0.2, 0.25) is 0 Å². The van der Waals surface area contributed by atoms with Crippen molar-refractivity contribution in [3.63, 3.8) is 0 Å². The number of benzene rings is 6. The molecule has 0 unspecified atom stereocenters. The van der Waals surface area contributed by atoms with E-state index < -0.39 is 11.9 Å². The minimum absolute atomic E-state index is 0.0540. The molecule has 0 fully saturated rings. The number of thioether (sulfide) groups is 2. The number of carbonyl (C=O) groups excluding carboxylic acids is 3. The average molecular weight is 948 g/mol. The maximum atomic E-state index is 13.5. The van der Waals surface area contributed by atoms with Crippen LogP contribution in [0.4, 0.5) is 17.1 Å². The summed E-state index contributed by atoms with van der Waals surface area (Å²) < 4.78 is 4.36. The van der Waals surface area contributed by atoms with Gasteiger partial charge in [0.25, 0.3) is 0 Å². The number of para-hydroxylation sites is 2. The van der Waals surface area contributed by atoms with Gasteiger partial charge in [0.05, 0.1) is 31.9 Å². The monoisotopic (exact) mass is 947 g/mol. The van der Waals surface area contributed by atoms with Gasteiger partial charge in [-0.25, -0.2) is 19.6 Å². The predicted molar refractivity (Wildman–Crippen MR) is 271 cm³/mol. The van der Waals surface area contributed by atoms with Crippen LogP contribution in [0.5, 0.6) is 0 Å². The third-order valence-corrected chi connectivity index (χ3v) is 14.8. The Morgan fingerprint density at radius 1 is 0.545 bits per heavy atom. The third-order valence-electron chi connectivity index (χ3n) is 10.3. The van der Waals surface area contributed by atoms with Gasteiger partial charge in [0.15, 0.2) is 14.5 Å². The number of aromatic nitrogens is 2. The molecule has 0 saturated heterocycles. The molecule has 14 heteroatoms. The Kier molecular flexibility index (Phi) is 15.5. The number of fused-ring (bicyclic) bond motifs is 2. The summed E-state index contributed by atoms with van der Waals surface area (Å²) in [7, 11) is 0. The van der Waals surface area contributed by atoms with Gasteiger partial charge in [-0.05, 0) is 123 Å². The molecule has 0 spiro atoms. The maximum Gasteiger partial charge on any atom is 0.331 e. The van der Waals surface area contributed by atoms with Crippen molar-refractivity contribution in [2.75, 3.05) is 16.4 Å². The Bertz CT molecular complexity index is 2820. The van der Waals surface area contributed by atoms with E-state index in [0.29, 0.717) is 35.4 Å². The fourth-order valence-corrected chi connectivity index (χ4v) is 11.3. The number of oxime groups is 2. The molecular formula is C52H45N5O5S4. The van der Waals surface area contributed by atoms with Crippen LogP contribution in [0.3, 0.4) is 0 Å². The molecule has 0 N–H and O–H groups in total. The summed E-state index contributed by atoms with van der Waals surface area (Å²) in [5, 5.41) is 8.55. The number of hydrogen-bond donors (Lipinski definition) is 0. The summed E-state index contributed by atoms with van der Waals surface area (Å²) in [6, 6.07) is 47.4. The van der Waals surface area contributed by atoms with E-state index in [2.05, 4.69) is 27.3 Å². The quantitative estimate of drug-likeness (QED) is 0.0193. The molecule has 0 aliphatic rings. The Balaban J connectivity index is 1.03. The molecule has 2 aromatic heterocycles. The summed E-state index contributed by atoms with van der Waals surface area (Å²) in [5.41, 5.74) is 9.74. The van der Waals surface area contributed by atoms with Gasteiger partial charge >= 0.3 is 11.9 Å². The van der Waals surface area contributed by atoms with E-state index in [4.69, 9.17) is 19.6 Å². The number of aryl methyl sites for hydroxylation is 1. The van der Waals surface area contributed by atoms with Crippen LogP contribution in [-0.4, -0.2) is 50.6 Å². The highest BCUT2D eigenvalue weighted by Gasteiger charge is 2.18. The SMILES string of the molecule is CC(=O)ON=C(CCCSc1nc2ccccc2s1)c1ccc(N(c2ccc(C(=O)c3cccc(C)c3)cc2)c2ccc(/C(CCCSc3nc4ccccc4s3)=N/OC(C)=O)cc2)cc1. The van der Waals surface area contributed by atoms with Crippen LogP contribution in [-0.2, 0) is 19.3 Å². The van der Waals surface area contributed by atoms with E-state index in [-0.39, 0.29) is 5.78 Å². The maximum absolute atomic E-state index is 13.5. The standard InChI is InChI=1S/C52H45N5O5S4/c1-34-11-8-12-40(33-34)50(60)39-23-29-43(30-24-39)57(41-25-19-37(20-26-41)44(55-61-35(2)58)15-9-31-63-51-53-46-13-4-6-17-48(46)65-51)42-27-21-38(22-28-42)45(56-62-36(3)59)16-10-32-64-52-54-47-14-5-7-18-49(47)66-52/h4-8,11-14,17-30,33H,9-10,15-16,31-32H2,1-3H3/b55-44+,56-45?. The summed E-state index contributed by atoms with van der Waals surface area (Å²) in [5.74, 6) is 0.605. The first-order valence-corrected chi connectivity index (χ1v) is 25.0. The second-order valence-electron chi connectivity index (χ2n) is 15.2. The van der Waals surface area contributed by atoms with Crippen LogP contribution in [0.25, 0.3) is 20.4 Å². The van der Waals surface area contributed by atoms with Gasteiger partial charge in [-0.2, -0.15) is 0 Å². The highest BCUT2D eigenvalue weighted by molar-refractivity contribution is 8.01. The smallest absolute Gasteiger partial charge is 0.318 e. The van der Waals surface area contributed by atoms with Crippen molar-refractivity contribution in [2.45, 2.75) is 55.1 Å². The number of thiazole rings is 2. The van der Waals surface area contributed by atoms with E-state index in [1.54, 1.807) is 46.2 Å². The number of nitrogens with zero attached hydrogens (tertiary/aromatic N) is 5. The summed E-state index contributed by atoms with van der Waals surface area (Å²) in [6.45, 7) is 4.65. The molecule has 332 valence electrons. The first-order valence-electron chi connectivity index (χ1n) is 21.3. The highest BCUT2D eigenvalue weighted by atomic mass is 32.2. The lowest BCUT2D eigenvalue weighted by atomic mass is 10.0. The van der Waals surface area contributed by atoms with Crippen LogP contribution < -0.4 is 4.90 Å². The van der Waals surface area contributed by atoms with Crippen LogP contribution in [0, 0.1) is 6.92 Å². The molecule has 6 aromatic carbocycles. The van der Waals surface area contributed by atoms with Crippen molar-refractivity contribution < 1.29 is 24.1 Å². The average Bonchev–Trinajstić information content (AvgIpc) is 3.95. The fraction of sp³-hybridized carbons (Fsp3) is 0.173. The Morgan fingerprint density at radius 2 is 0.985 bits per heavy atom. The Hall–Kier alpha value is -6.45. The molecule has 0 radical (unpaired) electrons. The molecule has 0 aliphatic carbocycles. The number of carbonyl (C=O) groups is 3. The second-order valence-corrected chi connectivity index (χ2v) is 20.0. The topological polar surface area (TPSA) is 123 Å². The number of anilines is 3. The lowest BCUT2D eigenvalue weighted by molar-refractivity contribution is -0.141. The molecular weight excluding hydrogens is 903 g/mol. The van der Waals surface area contributed by atoms with E-state index in [9.17, 15) is 14.4 Å². The fourth-order valence-electron chi connectivity index (χ4n) is 7.12. The van der Waals surface area contributed by atoms with Gasteiger partial charge in [-0.1, -0.05) is 106 Å². The van der Waals surface area contributed by atoms with Crippen molar-refractivity contribution >= 4 is 113 Å². The lowest BCUT2D eigenvalue weighted by Crippen LogP contribution is -2.12. The molecule has 0 saturated carbocycles. The zero-order valence-electron chi connectivity index (χ0n) is 36.5. The van der Waals surface area contributed by atoms with Crippen molar-refractivity contribution in [3.05, 3.63) is 173 Å². The number of hydrogen-bond acceptors (Lipinski definition) is 14. The third kappa shape index (κ3) is 12.1. The largest absolute Gasteiger partial charge is 0.331 e. The predicted octanol–water partition coefficient (Wildman–Crippen LogP) is 13.6. The highest BCUT2D eigenvalue weighted by Crippen LogP contribution is 2.36. The van der Waals surface area contributed by atoms with Gasteiger partial charge in [0, 0.05) is 53.5 Å². The van der Waals surface area contributed by atoms with Crippen LogP contribution in [0.15, 0.2) is 165 Å². The molecule has 66 heavy (non-hydrogen) atoms. The van der Waals surface area contributed by atoms with Crippen LogP contribution >= 0.6 is 46.2 Å². The number of rotatable bonds is 19. The minimum Gasteiger partial charge on any atom is -0.318 e. The van der Waals surface area contributed by atoms with E-state index in [0.717, 1.165) is 87.2 Å². The zero-order chi connectivity index (χ0) is 45.8. The molecule has 0 amide bonds. The van der Waals surface area contributed by atoms with Crippen LogP contribution in [0.2, 0.25) is 0 Å². The molecule has 2 heterocycles. The first kappa shape index (κ1) is 46.1. The van der Waals surface area contributed by atoms with Gasteiger partial charge in [-0.15, -0.1) is 22.7 Å². The normalized spacial score (nSPS) is 11.8. The number of ketones is 1. The molecule has 8 aromatic rings. The van der Waals surface area contributed by atoms with E-state index in [1.165, 1.54) is 13.8 Å². The second kappa shape index (κ2) is 22.2. The van der Waals surface area contributed by atoms with Gasteiger partial charge < -0.3 is 14.6 Å². The molecule has 0 aliphatic heterocycles. The molecule has 0 atom stereocenters. The van der Waals surface area contributed by atoms with Gasteiger partial charge in [-0.3, -0.25) is 4.79 Å². The summed E-state index contributed by atoms with van der Waals surface area (Å²) >= 11 is 6.78. The molecule has 10 nitrogen and oxygen atoms in total. The minimum atomic E-state index is -0.490. The van der Waals surface area contributed by atoms with E-state index >= 15 is 0 Å². The zero-order valence-corrected chi connectivity index (χ0v) is 39.8.